The first-order chi connectivity index (χ1) is 7.59. The van der Waals surface area contributed by atoms with Crippen LogP contribution in [-0.2, 0) is 0 Å². The molecule has 0 atom stereocenters. The average molecular weight is 220 g/mol. The van der Waals surface area contributed by atoms with Gasteiger partial charge in [-0.25, -0.2) is 0 Å². The van der Waals surface area contributed by atoms with Gasteiger partial charge in [0.2, 0.25) is 0 Å². The minimum atomic E-state index is -0.500. The van der Waals surface area contributed by atoms with Crippen LogP contribution in [0.2, 0.25) is 0 Å². The third-order valence-electron chi connectivity index (χ3n) is 2.15. The molecule has 0 aliphatic carbocycles. The lowest BCUT2D eigenvalue weighted by Crippen LogP contribution is -2.13. The van der Waals surface area contributed by atoms with Crippen LogP contribution < -0.4 is 5.56 Å². The van der Waals surface area contributed by atoms with E-state index in [1.165, 1.54) is 30.5 Å². The van der Waals surface area contributed by atoms with E-state index in [0.717, 1.165) is 4.74 Å². The lowest BCUT2D eigenvalue weighted by molar-refractivity contribution is -0.384. The number of benzene rings is 1. The maximum absolute atomic E-state index is 11.5. The third-order valence-corrected chi connectivity index (χ3v) is 2.15. The maximum atomic E-state index is 11.5. The minimum absolute atomic E-state index is 0.0277. The molecule has 0 saturated carbocycles. The molecule has 0 bridgehead atoms. The van der Waals surface area contributed by atoms with Crippen molar-refractivity contribution in [1.82, 2.24) is 4.74 Å². The first-order valence-corrected chi connectivity index (χ1v) is 4.52. The number of non-ortho nitro benzene ring substituents is 1. The fourth-order valence-corrected chi connectivity index (χ4v) is 1.28. The summed E-state index contributed by atoms with van der Waals surface area (Å²) in [4.78, 5) is 21.5. The molecule has 1 aromatic heterocycles. The summed E-state index contributed by atoms with van der Waals surface area (Å²) in [6.07, 6.45) is 1.34. The molecular formula is C10H8N2O4. The smallest absolute Gasteiger partial charge is 0.290 e. The zero-order valence-electron chi connectivity index (χ0n) is 8.41. The Bertz CT molecular complexity index is 580. The highest BCUT2D eigenvalue weighted by atomic mass is 16.6. The van der Waals surface area contributed by atoms with Crippen molar-refractivity contribution >= 4 is 5.69 Å². The van der Waals surface area contributed by atoms with E-state index >= 15 is 0 Å². The molecule has 6 heteroatoms. The normalized spacial score (nSPS) is 10.3. The summed E-state index contributed by atoms with van der Waals surface area (Å²) >= 11 is 0. The molecule has 0 radical (unpaired) electrons. The molecule has 6 nitrogen and oxygen atoms in total. The third kappa shape index (κ3) is 1.60. The molecule has 0 aliphatic heterocycles. The van der Waals surface area contributed by atoms with Crippen LogP contribution in [0.5, 0.6) is 0 Å². The molecule has 1 aromatic carbocycles. The number of nitro benzene ring substituents is 1. The highest BCUT2D eigenvalue weighted by molar-refractivity contribution is 5.40. The van der Waals surface area contributed by atoms with Crippen molar-refractivity contribution in [2.24, 2.45) is 0 Å². The first-order valence-electron chi connectivity index (χ1n) is 4.52. The number of hydrogen-bond donors (Lipinski definition) is 0. The predicted octanol–water partition coefficient (Wildman–Crippen LogP) is 1.65. The van der Waals surface area contributed by atoms with Gasteiger partial charge >= 0.3 is 0 Å². The summed E-state index contributed by atoms with van der Waals surface area (Å²) in [6, 6.07) is 5.56. The van der Waals surface area contributed by atoms with Crippen molar-refractivity contribution < 1.29 is 9.45 Å². The van der Waals surface area contributed by atoms with Crippen LogP contribution in [0.3, 0.4) is 0 Å². The summed E-state index contributed by atoms with van der Waals surface area (Å²) in [5.41, 5.74) is 0.649. The molecule has 0 saturated heterocycles. The first kappa shape index (κ1) is 10.2. The van der Waals surface area contributed by atoms with Crippen LogP contribution in [0, 0.1) is 17.0 Å². The predicted molar refractivity (Wildman–Crippen MR) is 55.7 cm³/mol. The van der Waals surface area contributed by atoms with Crippen LogP contribution >= 0.6 is 0 Å². The van der Waals surface area contributed by atoms with Crippen molar-refractivity contribution in [2.45, 2.75) is 6.92 Å². The molecule has 0 spiro atoms. The van der Waals surface area contributed by atoms with Gasteiger partial charge in [0.1, 0.15) is 6.26 Å². The van der Waals surface area contributed by atoms with Gasteiger partial charge in [-0.1, -0.05) is 0 Å². The Morgan fingerprint density at radius 3 is 2.38 bits per heavy atom. The van der Waals surface area contributed by atoms with Gasteiger partial charge in [0, 0.05) is 12.1 Å². The van der Waals surface area contributed by atoms with E-state index < -0.39 is 4.92 Å². The largest absolute Gasteiger partial charge is 0.379 e. The molecule has 0 fully saturated rings. The summed E-state index contributed by atoms with van der Waals surface area (Å²) in [6.45, 7) is 1.63. The second kappa shape index (κ2) is 3.65. The van der Waals surface area contributed by atoms with E-state index in [1.807, 2.05) is 0 Å². The van der Waals surface area contributed by atoms with Gasteiger partial charge < -0.3 is 4.52 Å². The van der Waals surface area contributed by atoms with Crippen molar-refractivity contribution in [3.05, 3.63) is 56.6 Å². The zero-order valence-corrected chi connectivity index (χ0v) is 8.41. The molecule has 2 rings (SSSR count). The van der Waals surface area contributed by atoms with Gasteiger partial charge in [-0.05, 0) is 19.1 Å². The SMILES string of the molecule is Cc1con(-c2ccc([N+](=O)[O-])cc2)c1=O. The number of nitrogens with zero attached hydrogens (tertiary/aromatic N) is 2. The molecule has 82 valence electrons. The van der Waals surface area contributed by atoms with Gasteiger partial charge in [-0.3, -0.25) is 14.9 Å². The van der Waals surface area contributed by atoms with E-state index in [1.54, 1.807) is 6.92 Å². The van der Waals surface area contributed by atoms with Gasteiger partial charge in [0.15, 0.2) is 0 Å². The number of nitro groups is 1. The lowest BCUT2D eigenvalue weighted by Gasteiger charge is -1.98. The van der Waals surface area contributed by atoms with E-state index in [4.69, 9.17) is 4.52 Å². The standard InChI is InChI=1S/C10H8N2O4/c1-7-6-16-11(10(7)13)8-2-4-9(5-3-8)12(14)15/h2-6H,1H3. The van der Waals surface area contributed by atoms with E-state index in [9.17, 15) is 14.9 Å². The Kier molecular flexibility index (Phi) is 2.32. The molecule has 0 aliphatic rings. The summed E-state index contributed by atoms with van der Waals surface area (Å²) in [5, 5.41) is 10.4. The number of hydrogen-bond acceptors (Lipinski definition) is 4. The molecule has 0 unspecified atom stereocenters. The second-order valence-electron chi connectivity index (χ2n) is 3.28. The Morgan fingerprint density at radius 2 is 1.94 bits per heavy atom. The van der Waals surface area contributed by atoms with Crippen LogP contribution in [-0.4, -0.2) is 9.66 Å². The summed E-state index contributed by atoms with van der Waals surface area (Å²) in [7, 11) is 0. The second-order valence-corrected chi connectivity index (χ2v) is 3.28. The Hall–Kier alpha value is -2.37. The quantitative estimate of drug-likeness (QED) is 0.569. The Morgan fingerprint density at radius 1 is 1.31 bits per heavy atom. The number of aromatic nitrogens is 1. The summed E-state index contributed by atoms with van der Waals surface area (Å²) < 4.78 is 6.10. The Balaban J connectivity index is 2.46. The monoisotopic (exact) mass is 220 g/mol. The van der Waals surface area contributed by atoms with Crippen LogP contribution in [0.15, 0.2) is 39.8 Å². The van der Waals surface area contributed by atoms with Crippen LogP contribution in [0.1, 0.15) is 5.56 Å². The number of aryl methyl sites for hydroxylation is 1. The fourth-order valence-electron chi connectivity index (χ4n) is 1.28. The highest BCUT2D eigenvalue weighted by Crippen LogP contribution is 2.14. The fraction of sp³-hybridized carbons (Fsp3) is 0.100. The van der Waals surface area contributed by atoms with Crippen molar-refractivity contribution in [3.63, 3.8) is 0 Å². The Labute approximate surface area is 89.8 Å². The van der Waals surface area contributed by atoms with E-state index in [2.05, 4.69) is 0 Å². The van der Waals surface area contributed by atoms with Gasteiger partial charge in [0.05, 0.1) is 16.2 Å². The van der Waals surface area contributed by atoms with Crippen LogP contribution in [0.4, 0.5) is 5.69 Å². The molecule has 1 heterocycles. The molecule has 16 heavy (non-hydrogen) atoms. The van der Waals surface area contributed by atoms with Crippen molar-refractivity contribution in [2.75, 3.05) is 0 Å². The average Bonchev–Trinajstić information content (AvgIpc) is 2.60. The molecular weight excluding hydrogens is 212 g/mol. The molecule has 0 amide bonds. The van der Waals surface area contributed by atoms with Gasteiger partial charge in [-0.15, -0.1) is 4.74 Å². The summed E-state index contributed by atoms with van der Waals surface area (Å²) in [5.74, 6) is 0. The van der Waals surface area contributed by atoms with Gasteiger partial charge in [0.25, 0.3) is 11.2 Å². The minimum Gasteiger partial charge on any atom is -0.379 e. The van der Waals surface area contributed by atoms with Gasteiger partial charge in [-0.2, -0.15) is 0 Å². The maximum Gasteiger partial charge on any atom is 0.290 e. The number of rotatable bonds is 2. The highest BCUT2D eigenvalue weighted by Gasteiger charge is 2.09. The molecule has 2 aromatic rings. The van der Waals surface area contributed by atoms with Crippen molar-refractivity contribution in [1.29, 1.82) is 0 Å². The van der Waals surface area contributed by atoms with E-state index in [-0.39, 0.29) is 11.2 Å². The molecule has 0 N–H and O–H groups in total. The topological polar surface area (TPSA) is 78.3 Å². The van der Waals surface area contributed by atoms with E-state index in [0.29, 0.717) is 11.3 Å². The lowest BCUT2D eigenvalue weighted by atomic mass is 10.3. The van der Waals surface area contributed by atoms with Crippen LogP contribution in [0.25, 0.3) is 5.69 Å². The van der Waals surface area contributed by atoms with Crippen molar-refractivity contribution in [3.8, 4) is 5.69 Å². The zero-order chi connectivity index (χ0) is 11.7.